The third kappa shape index (κ3) is 10.3. The highest BCUT2D eigenvalue weighted by Gasteiger charge is 2.52. The second kappa shape index (κ2) is 27.1. The first-order chi connectivity index (χ1) is 61.4. The molecule has 0 saturated heterocycles. The Bertz CT molecular complexity index is 8140. The van der Waals surface area contributed by atoms with E-state index in [9.17, 15) is 0 Å². The first kappa shape index (κ1) is 69.6. The topological polar surface area (TPSA) is 77.8 Å². The van der Waals surface area contributed by atoms with Crippen LogP contribution in [0.3, 0.4) is 0 Å². The highest BCUT2D eigenvalue weighted by atomic mass is 16.3. The fraction of sp³-hybridized carbons (Fsp3) is 0.0169. The van der Waals surface area contributed by atoms with Crippen molar-refractivity contribution < 1.29 is 8.83 Å². The van der Waals surface area contributed by atoms with Crippen LogP contribution in [0.15, 0.2) is 433 Å². The van der Waals surface area contributed by atoms with Crippen LogP contribution in [-0.4, -0.2) is 19.9 Å². The van der Waals surface area contributed by atoms with E-state index in [0.717, 1.165) is 133 Å². The lowest BCUT2D eigenvalue weighted by Gasteiger charge is -2.35. The van der Waals surface area contributed by atoms with Crippen molar-refractivity contribution in [2.45, 2.75) is 10.8 Å². The largest absolute Gasteiger partial charge is 0.456 e. The number of hydrogen-bond donors (Lipinski definition) is 0. The van der Waals surface area contributed by atoms with Crippen LogP contribution in [0.5, 0.6) is 0 Å². The number of para-hydroxylation sites is 2. The fourth-order valence-electron chi connectivity index (χ4n) is 21.3. The van der Waals surface area contributed by atoms with E-state index >= 15 is 0 Å². The van der Waals surface area contributed by atoms with Crippen molar-refractivity contribution in [1.82, 2.24) is 19.9 Å². The summed E-state index contributed by atoms with van der Waals surface area (Å²) in [7, 11) is 0. The van der Waals surface area contributed by atoms with E-state index in [1.165, 1.54) is 111 Å². The summed E-state index contributed by atoms with van der Waals surface area (Å²) in [5, 5.41) is 4.16. The SMILES string of the molecule is c1ccc(-c2ccc(-c3nc(-c4ccc5c(c4)C4(c6ccccc6-c6ccccc6-5)c5ccccc5-c5ccccc54)cc(-c4ccc5c(c4)oc4ccc(-c6ccc(-c7ccc(-c8nc(-c9ccc%10c(c9)C9(c%11ccccc%11-c%11ccccc%11-%10)c%10ccccc%10-c%10ccccc%109)cc(-c9cccc%10c9oc9ccccc9%10)n8)cc7)cc6)cc45)n3)cc2)cc1. The van der Waals surface area contributed by atoms with E-state index in [1.807, 2.05) is 12.1 Å². The van der Waals surface area contributed by atoms with Crippen molar-refractivity contribution in [3.05, 3.63) is 469 Å². The fourth-order valence-corrected chi connectivity index (χ4v) is 21.3. The van der Waals surface area contributed by atoms with E-state index in [1.54, 1.807) is 0 Å². The van der Waals surface area contributed by atoms with Crippen LogP contribution in [0.2, 0.25) is 0 Å². The Morgan fingerprint density at radius 1 is 0.153 bits per heavy atom. The van der Waals surface area contributed by atoms with Crippen LogP contribution >= 0.6 is 0 Å². The summed E-state index contributed by atoms with van der Waals surface area (Å²) in [6.07, 6.45) is 0. The van der Waals surface area contributed by atoms with Crippen LogP contribution < -0.4 is 0 Å². The van der Waals surface area contributed by atoms with Gasteiger partial charge in [-0.3, -0.25) is 0 Å². The van der Waals surface area contributed by atoms with Crippen molar-refractivity contribution in [3.8, 4) is 168 Å². The van der Waals surface area contributed by atoms with Gasteiger partial charge < -0.3 is 8.83 Å². The Morgan fingerprint density at radius 2 is 0.460 bits per heavy atom. The molecule has 22 aromatic rings. The number of fused-ring (bicyclic) bond motifs is 30. The molecule has 2 spiro atoms. The summed E-state index contributed by atoms with van der Waals surface area (Å²) in [6, 6.07) is 155. The molecule has 4 aliphatic rings. The van der Waals surface area contributed by atoms with Gasteiger partial charge in [0.25, 0.3) is 0 Å². The van der Waals surface area contributed by atoms with Gasteiger partial charge >= 0.3 is 0 Å². The van der Waals surface area contributed by atoms with E-state index < -0.39 is 10.8 Å². The lowest BCUT2D eigenvalue weighted by atomic mass is 9.65. The maximum atomic E-state index is 6.87. The number of benzene rings is 18. The van der Waals surface area contributed by atoms with Gasteiger partial charge in [-0.2, -0.15) is 0 Å². The second-order valence-corrected chi connectivity index (χ2v) is 33.2. The third-order valence-electron chi connectivity index (χ3n) is 26.9. The van der Waals surface area contributed by atoms with E-state index in [-0.39, 0.29) is 0 Å². The molecular formula is C118H70N4O2. The van der Waals surface area contributed by atoms with Crippen LogP contribution in [0.25, 0.3) is 212 Å². The van der Waals surface area contributed by atoms with E-state index in [2.05, 4.69) is 413 Å². The molecule has 0 radical (unpaired) electrons. The minimum Gasteiger partial charge on any atom is -0.456 e. The van der Waals surface area contributed by atoms with Gasteiger partial charge in [0.15, 0.2) is 11.6 Å². The molecule has 6 heteroatoms. The predicted molar refractivity (Wildman–Crippen MR) is 505 cm³/mol. The lowest BCUT2D eigenvalue weighted by molar-refractivity contribution is 0.669. The molecule has 0 amide bonds. The zero-order valence-corrected chi connectivity index (χ0v) is 67.0. The summed E-state index contributed by atoms with van der Waals surface area (Å²) >= 11 is 0. The van der Waals surface area contributed by atoms with Gasteiger partial charge in [-0.25, -0.2) is 19.9 Å². The molecule has 0 fully saturated rings. The highest BCUT2D eigenvalue weighted by molar-refractivity contribution is 6.11. The number of hydrogen-bond acceptors (Lipinski definition) is 6. The first-order valence-corrected chi connectivity index (χ1v) is 42.5. The molecule has 0 aliphatic heterocycles. The highest BCUT2D eigenvalue weighted by Crippen LogP contribution is 2.64. The quantitative estimate of drug-likeness (QED) is 0.143. The lowest BCUT2D eigenvalue weighted by Crippen LogP contribution is -2.29. The van der Waals surface area contributed by atoms with Crippen molar-refractivity contribution in [2.24, 2.45) is 0 Å². The Hall–Kier alpha value is -16.3. The molecule has 6 nitrogen and oxygen atoms in total. The Kier molecular flexibility index (Phi) is 15.2. The van der Waals surface area contributed by atoms with Crippen LogP contribution in [-0.2, 0) is 10.8 Å². The molecular weight excluding hydrogens is 1510 g/mol. The minimum absolute atomic E-state index is 0.614. The second-order valence-electron chi connectivity index (χ2n) is 33.2. The smallest absolute Gasteiger partial charge is 0.160 e. The molecule has 26 rings (SSSR count). The summed E-state index contributed by atoms with van der Waals surface area (Å²) in [6.45, 7) is 0. The standard InChI is InChI=1S/C118H70N4O2/c1-2-23-71(24-3-1)72-49-53-76(54-50-72)115-119-107(79-57-61-92-84-27-6-4-25-82(84)86-29-8-15-38-99(86)117(105(92)66-79)101-40-17-10-31-88(101)89-32-11-18-41-102(89)117)69-108(120-115)81-59-63-95-98-65-78(60-64-112(98)123-113(95)68-81)75-47-45-73(46-48-75)74-51-55-77(56-52-74)116-121-109(70-110(122-116)97-37-22-36-96-94-35-14-21-44-111(94)124-114(96)97)80-58-62-93-85-28-7-5-26-83(85)87-30-9-16-39-100(87)118(106(93)67-80)103-42-19-12-33-90(103)91-34-13-20-43-104(91)118/h1-70H. The van der Waals surface area contributed by atoms with Crippen molar-refractivity contribution >= 4 is 43.9 Å². The Labute approximate surface area is 715 Å². The van der Waals surface area contributed by atoms with Crippen LogP contribution in [0, 0.1) is 0 Å². The Balaban J connectivity index is 0.554. The maximum Gasteiger partial charge on any atom is 0.160 e. The average Bonchev–Trinajstić information content (AvgIpc) is 1.52. The molecule has 4 aromatic heterocycles. The minimum atomic E-state index is -0.660. The number of nitrogens with zero attached hydrogens (tertiary/aromatic N) is 4. The summed E-state index contributed by atoms with van der Waals surface area (Å²) in [5.74, 6) is 1.25. The Morgan fingerprint density at radius 3 is 0.927 bits per heavy atom. The number of aromatic nitrogens is 4. The first-order valence-electron chi connectivity index (χ1n) is 42.5. The predicted octanol–water partition coefficient (Wildman–Crippen LogP) is 30.1. The normalized spacial score (nSPS) is 13.1. The van der Waals surface area contributed by atoms with Crippen molar-refractivity contribution in [2.75, 3.05) is 0 Å². The third-order valence-corrected chi connectivity index (χ3v) is 26.9. The zero-order chi connectivity index (χ0) is 81.3. The summed E-state index contributed by atoms with van der Waals surface area (Å²) in [5.41, 5.74) is 42.0. The van der Waals surface area contributed by atoms with Gasteiger partial charge in [-0.05, 0) is 205 Å². The van der Waals surface area contributed by atoms with Gasteiger partial charge in [-0.1, -0.05) is 364 Å². The average molecular weight is 1580 g/mol. The van der Waals surface area contributed by atoms with Gasteiger partial charge in [0.05, 0.1) is 33.6 Å². The van der Waals surface area contributed by atoms with E-state index in [4.69, 9.17) is 28.8 Å². The number of furan rings is 2. The molecule has 4 heterocycles. The van der Waals surface area contributed by atoms with Crippen molar-refractivity contribution in [3.63, 3.8) is 0 Å². The van der Waals surface area contributed by atoms with Gasteiger partial charge in [0.2, 0.25) is 0 Å². The van der Waals surface area contributed by atoms with Gasteiger partial charge in [0, 0.05) is 54.9 Å². The molecule has 0 unspecified atom stereocenters. The molecule has 4 aliphatic carbocycles. The number of rotatable bonds is 9. The zero-order valence-electron chi connectivity index (χ0n) is 67.0. The molecule has 0 N–H and O–H groups in total. The van der Waals surface area contributed by atoms with Crippen LogP contribution in [0.4, 0.5) is 0 Å². The molecule has 124 heavy (non-hydrogen) atoms. The van der Waals surface area contributed by atoms with Gasteiger partial charge in [-0.15, -0.1) is 0 Å². The summed E-state index contributed by atoms with van der Waals surface area (Å²) in [4.78, 5) is 22.2. The van der Waals surface area contributed by atoms with Crippen molar-refractivity contribution in [1.29, 1.82) is 0 Å². The van der Waals surface area contributed by atoms with E-state index in [0.29, 0.717) is 11.6 Å². The van der Waals surface area contributed by atoms with Crippen LogP contribution in [0.1, 0.15) is 44.5 Å². The molecule has 18 aromatic carbocycles. The molecule has 0 bridgehead atoms. The molecule has 0 saturated carbocycles. The maximum absolute atomic E-state index is 6.87. The molecule has 0 atom stereocenters. The summed E-state index contributed by atoms with van der Waals surface area (Å²) < 4.78 is 13.6. The monoisotopic (exact) mass is 1570 g/mol. The molecule has 574 valence electrons. The van der Waals surface area contributed by atoms with Gasteiger partial charge in [0.1, 0.15) is 22.3 Å².